The molecule has 142 valence electrons. The van der Waals surface area contributed by atoms with Gasteiger partial charge in [0.2, 0.25) is 11.8 Å². The van der Waals surface area contributed by atoms with Crippen LogP contribution in [-0.2, 0) is 16.1 Å². The molecule has 2 amide bonds. The molecule has 1 aromatic rings. The largest absolute Gasteiger partial charge is 0.467 e. The number of hydrogen-bond donors (Lipinski definition) is 1. The zero-order valence-electron chi connectivity index (χ0n) is 16.0. The second kappa shape index (κ2) is 10.0. The van der Waals surface area contributed by atoms with Crippen molar-refractivity contribution in [3.05, 3.63) is 24.2 Å². The van der Waals surface area contributed by atoms with Crippen LogP contribution in [0.4, 0.5) is 0 Å². The Morgan fingerprint density at radius 2 is 2.31 bits per heavy atom. The van der Waals surface area contributed by atoms with Gasteiger partial charge in [-0.15, -0.1) is 5.92 Å². The molecule has 0 bridgehead atoms. The molecule has 0 aromatic carbocycles. The number of furan rings is 1. The number of nitrogens with one attached hydrogen (secondary N) is 1. The third-order valence-corrected chi connectivity index (χ3v) is 4.53. The van der Waals surface area contributed by atoms with E-state index in [-0.39, 0.29) is 18.2 Å². The van der Waals surface area contributed by atoms with E-state index in [2.05, 4.69) is 35.9 Å². The molecule has 1 aliphatic rings. The lowest BCUT2D eigenvalue weighted by Gasteiger charge is -2.36. The van der Waals surface area contributed by atoms with Crippen LogP contribution >= 0.6 is 0 Å². The molecule has 1 aromatic heterocycles. The van der Waals surface area contributed by atoms with Gasteiger partial charge in [0.1, 0.15) is 5.76 Å². The summed E-state index contributed by atoms with van der Waals surface area (Å²) in [6.07, 6.45) is 2.76. The van der Waals surface area contributed by atoms with Gasteiger partial charge in [-0.05, 0) is 37.9 Å². The molecule has 26 heavy (non-hydrogen) atoms. The van der Waals surface area contributed by atoms with Gasteiger partial charge in [0.25, 0.3) is 0 Å². The summed E-state index contributed by atoms with van der Waals surface area (Å²) in [6, 6.07) is 3.22. The molecule has 0 saturated carbocycles. The van der Waals surface area contributed by atoms with Gasteiger partial charge in [0, 0.05) is 13.1 Å². The maximum absolute atomic E-state index is 12.9. The first-order chi connectivity index (χ1) is 12.5. The highest BCUT2D eigenvalue weighted by molar-refractivity contribution is 5.89. The second-order valence-electron chi connectivity index (χ2n) is 6.99. The van der Waals surface area contributed by atoms with Gasteiger partial charge in [0.15, 0.2) is 0 Å². The SMILES string of the molecule is CC#CCN(Cc1ccco1)C(=O)C[C@@H]1C(=O)NCCN1CCC(C)C. The van der Waals surface area contributed by atoms with Gasteiger partial charge >= 0.3 is 0 Å². The van der Waals surface area contributed by atoms with E-state index in [9.17, 15) is 9.59 Å². The summed E-state index contributed by atoms with van der Waals surface area (Å²) in [6.45, 7) is 9.02. The maximum Gasteiger partial charge on any atom is 0.237 e. The Morgan fingerprint density at radius 3 is 2.96 bits per heavy atom. The number of carbonyl (C=O) groups excluding carboxylic acids is 2. The smallest absolute Gasteiger partial charge is 0.237 e. The first-order valence-corrected chi connectivity index (χ1v) is 9.22. The number of carbonyl (C=O) groups is 2. The van der Waals surface area contributed by atoms with Crippen LogP contribution in [-0.4, -0.2) is 53.8 Å². The molecule has 2 heterocycles. The first-order valence-electron chi connectivity index (χ1n) is 9.22. The van der Waals surface area contributed by atoms with E-state index in [1.54, 1.807) is 24.2 Å². The van der Waals surface area contributed by atoms with Crippen LogP contribution in [0.25, 0.3) is 0 Å². The summed E-state index contributed by atoms with van der Waals surface area (Å²) in [5, 5.41) is 2.88. The Labute approximate surface area is 155 Å². The lowest BCUT2D eigenvalue weighted by molar-refractivity contribution is -0.139. The van der Waals surface area contributed by atoms with E-state index >= 15 is 0 Å². The fraction of sp³-hybridized carbons (Fsp3) is 0.600. The van der Waals surface area contributed by atoms with Crippen LogP contribution in [0.5, 0.6) is 0 Å². The van der Waals surface area contributed by atoms with Gasteiger partial charge in [-0.25, -0.2) is 0 Å². The minimum Gasteiger partial charge on any atom is -0.467 e. The molecular weight excluding hydrogens is 330 g/mol. The average Bonchev–Trinajstić information content (AvgIpc) is 3.12. The van der Waals surface area contributed by atoms with Crippen LogP contribution in [0.3, 0.4) is 0 Å². The normalized spacial score (nSPS) is 17.5. The molecule has 1 atom stereocenters. The zero-order chi connectivity index (χ0) is 18.9. The Balaban J connectivity index is 2.05. The fourth-order valence-electron chi connectivity index (χ4n) is 2.97. The monoisotopic (exact) mass is 359 g/mol. The molecule has 0 radical (unpaired) electrons. The summed E-state index contributed by atoms with van der Waals surface area (Å²) in [5.74, 6) is 6.89. The summed E-state index contributed by atoms with van der Waals surface area (Å²) >= 11 is 0. The van der Waals surface area contributed by atoms with Crippen molar-refractivity contribution in [1.82, 2.24) is 15.1 Å². The number of amides is 2. The molecule has 1 fully saturated rings. The predicted molar refractivity (Wildman–Crippen MR) is 100 cm³/mol. The van der Waals surface area contributed by atoms with Crippen molar-refractivity contribution in [2.45, 2.75) is 46.2 Å². The highest BCUT2D eigenvalue weighted by Crippen LogP contribution is 2.15. The lowest BCUT2D eigenvalue weighted by Crippen LogP contribution is -2.56. The molecule has 0 aliphatic carbocycles. The van der Waals surface area contributed by atoms with Crippen molar-refractivity contribution in [3.63, 3.8) is 0 Å². The Kier molecular flexibility index (Phi) is 7.73. The van der Waals surface area contributed by atoms with Crippen LogP contribution in [0.2, 0.25) is 0 Å². The molecule has 0 unspecified atom stereocenters. The third-order valence-electron chi connectivity index (χ3n) is 4.53. The Bertz CT molecular complexity index is 643. The first kappa shape index (κ1) is 20.1. The molecule has 1 N–H and O–H groups in total. The number of piperazine rings is 1. The van der Waals surface area contributed by atoms with E-state index in [1.165, 1.54) is 0 Å². The third kappa shape index (κ3) is 5.92. The van der Waals surface area contributed by atoms with Crippen molar-refractivity contribution in [2.24, 2.45) is 5.92 Å². The van der Waals surface area contributed by atoms with E-state index < -0.39 is 6.04 Å². The maximum atomic E-state index is 12.9. The summed E-state index contributed by atoms with van der Waals surface area (Å²) in [5.41, 5.74) is 0. The molecule has 6 heteroatoms. The number of rotatable bonds is 8. The molecule has 1 aliphatic heterocycles. The van der Waals surface area contributed by atoms with E-state index in [0.29, 0.717) is 31.3 Å². The van der Waals surface area contributed by atoms with Crippen LogP contribution < -0.4 is 5.32 Å². The van der Waals surface area contributed by atoms with Gasteiger partial charge in [-0.2, -0.15) is 0 Å². The number of hydrogen-bond acceptors (Lipinski definition) is 4. The minimum absolute atomic E-state index is 0.0621. The van der Waals surface area contributed by atoms with Crippen LogP contribution in [0.15, 0.2) is 22.8 Å². The topological polar surface area (TPSA) is 65.8 Å². The average molecular weight is 359 g/mol. The van der Waals surface area contributed by atoms with Crippen molar-refractivity contribution >= 4 is 11.8 Å². The van der Waals surface area contributed by atoms with Gasteiger partial charge in [-0.1, -0.05) is 19.8 Å². The van der Waals surface area contributed by atoms with Gasteiger partial charge in [0.05, 0.1) is 31.8 Å². The zero-order valence-corrected chi connectivity index (χ0v) is 16.0. The summed E-state index contributed by atoms with van der Waals surface area (Å²) in [7, 11) is 0. The molecule has 0 spiro atoms. The van der Waals surface area contributed by atoms with E-state index in [0.717, 1.165) is 19.5 Å². The van der Waals surface area contributed by atoms with Crippen molar-refractivity contribution < 1.29 is 14.0 Å². The lowest BCUT2D eigenvalue weighted by atomic mass is 10.0. The highest BCUT2D eigenvalue weighted by atomic mass is 16.3. The summed E-state index contributed by atoms with van der Waals surface area (Å²) in [4.78, 5) is 29.0. The minimum atomic E-state index is -0.413. The van der Waals surface area contributed by atoms with E-state index in [4.69, 9.17) is 4.42 Å². The Morgan fingerprint density at radius 1 is 1.50 bits per heavy atom. The van der Waals surface area contributed by atoms with Gasteiger partial charge < -0.3 is 14.6 Å². The standard InChI is InChI=1S/C20H29N3O3/c1-4-5-10-23(15-17-7-6-13-26-17)19(24)14-18-20(25)21-9-12-22(18)11-8-16(2)3/h6-7,13,16,18H,8-12,14-15H2,1-3H3,(H,21,25)/t18-/m1/s1. The quantitative estimate of drug-likeness (QED) is 0.720. The van der Waals surface area contributed by atoms with Crippen molar-refractivity contribution in [3.8, 4) is 11.8 Å². The summed E-state index contributed by atoms with van der Waals surface area (Å²) < 4.78 is 5.36. The van der Waals surface area contributed by atoms with Crippen molar-refractivity contribution in [2.75, 3.05) is 26.2 Å². The molecule has 1 saturated heterocycles. The molecule has 6 nitrogen and oxygen atoms in total. The molecular formula is C20H29N3O3. The highest BCUT2D eigenvalue weighted by Gasteiger charge is 2.32. The fourth-order valence-corrected chi connectivity index (χ4v) is 2.97. The molecule has 2 rings (SSSR count). The van der Waals surface area contributed by atoms with E-state index in [1.807, 2.05) is 6.07 Å². The second-order valence-corrected chi connectivity index (χ2v) is 6.99. The van der Waals surface area contributed by atoms with Gasteiger partial charge in [-0.3, -0.25) is 14.5 Å². The van der Waals surface area contributed by atoms with Crippen LogP contribution in [0.1, 0.15) is 39.4 Å². The van der Waals surface area contributed by atoms with Crippen LogP contribution in [0, 0.1) is 17.8 Å². The number of nitrogens with zero attached hydrogens (tertiary/aromatic N) is 2. The van der Waals surface area contributed by atoms with Crippen molar-refractivity contribution in [1.29, 1.82) is 0 Å². The Hall–Kier alpha value is -2.26. The predicted octanol–water partition coefficient (Wildman–Crippen LogP) is 1.87.